The lowest BCUT2D eigenvalue weighted by Gasteiger charge is -2.11. The summed E-state index contributed by atoms with van der Waals surface area (Å²) in [6.07, 6.45) is 1.14. The molecule has 0 radical (unpaired) electrons. The number of hydrogen-bond donors (Lipinski definition) is 1. The molecule has 0 spiro atoms. The molecule has 0 aromatic heterocycles. The molecule has 0 aliphatic rings. The van der Waals surface area contributed by atoms with Gasteiger partial charge in [-0.05, 0) is 41.5 Å². The van der Waals surface area contributed by atoms with Crippen LogP contribution in [0, 0.1) is 12.8 Å². The topological polar surface area (TPSA) is 26.0 Å². The molecule has 2 aromatic carbocycles. The molecule has 0 aliphatic carbocycles. The van der Waals surface area contributed by atoms with E-state index in [0.29, 0.717) is 12.5 Å². The molecule has 108 valence electrons. The van der Waals surface area contributed by atoms with Crippen molar-refractivity contribution < 1.29 is 0 Å². The largest absolute Gasteiger partial charge is 0.326 e. The smallest absolute Gasteiger partial charge is 0.0184 e. The maximum absolute atomic E-state index is 5.83. The van der Waals surface area contributed by atoms with Gasteiger partial charge in [-0.15, -0.1) is 12.4 Å². The van der Waals surface area contributed by atoms with E-state index in [0.717, 1.165) is 6.42 Å². The van der Waals surface area contributed by atoms with Crippen LogP contribution in [0.5, 0.6) is 0 Å². The molecular weight excluding hydrogens is 266 g/mol. The first-order valence-electron chi connectivity index (χ1n) is 6.99. The molecule has 0 amide bonds. The summed E-state index contributed by atoms with van der Waals surface area (Å²) in [5.74, 6) is 0.699. The molecule has 0 saturated heterocycles. The van der Waals surface area contributed by atoms with E-state index in [1.54, 1.807) is 0 Å². The summed E-state index contributed by atoms with van der Waals surface area (Å²) in [6.45, 7) is 7.21. The van der Waals surface area contributed by atoms with E-state index in [1.165, 1.54) is 27.8 Å². The van der Waals surface area contributed by atoms with Gasteiger partial charge in [0.15, 0.2) is 0 Å². The monoisotopic (exact) mass is 289 g/mol. The SMILES string of the molecule is Cc1ccc(CN)c(-c2ccc(CC(C)C)cc2)c1.Cl. The normalized spacial score (nSPS) is 10.4. The van der Waals surface area contributed by atoms with Crippen molar-refractivity contribution in [2.75, 3.05) is 0 Å². The predicted octanol–water partition coefficient (Wildman–Crippen LogP) is 4.74. The number of benzene rings is 2. The molecule has 0 aliphatic heterocycles. The third-order valence-electron chi connectivity index (χ3n) is 3.39. The lowest BCUT2D eigenvalue weighted by Crippen LogP contribution is -1.99. The second-order valence-electron chi connectivity index (χ2n) is 5.66. The van der Waals surface area contributed by atoms with Crippen LogP contribution >= 0.6 is 12.4 Å². The minimum absolute atomic E-state index is 0. The molecule has 0 saturated carbocycles. The zero-order chi connectivity index (χ0) is 13.8. The highest BCUT2D eigenvalue weighted by molar-refractivity contribution is 5.85. The zero-order valence-corrected chi connectivity index (χ0v) is 13.3. The van der Waals surface area contributed by atoms with Gasteiger partial charge in [-0.2, -0.15) is 0 Å². The third-order valence-corrected chi connectivity index (χ3v) is 3.39. The van der Waals surface area contributed by atoms with Gasteiger partial charge in [-0.25, -0.2) is 0 Å². The zero-order valence-electron chi connectivity index (χ0n) is 12.5. The lowest BCUT2D eigenvalue weighted by atomic mass is 9.95. The summed E-state index contributed by atoms with van der Waals surface area (Å²) < 4.78 is 0. The van der Waals surface area contributed by atoms with Gasteiger partial charge in [-0.1, -0.05) is 61.9 Å². The first-order valence-corrected chi connectivity index (χ1v) is 6.99. The highest BCUT2D eigenvalue weighted by atomic mass is 35.5. The van der Waals surface area contributed by atoms with Gasteiger partial charge in [-0.3, -0.25) is 0 Å². The van der Waals surface area contributed by atoms with Crippen molar-refractivity contribution in [2.45, 2.75) is 33.7 Å². The van der Waals surface area contributed by atoms with E-state index in [4.69, 9.17) is 5.73 Å². The van der Waals surface area contributed by atoms with Gasteiger partial charge in [0.1, 0.15) is 0 Å². The minimum atomic E-state index is 0. The van der Waals surface area contributed by atoms with Crippen molar-refractivity contribution in [3.8, 4) is 11.1 Å². The van der Waals surface area contributed by atoms with E-state index in [2.05, 4.69) is 63.2 Å². The van der Waals surface area contributed by atoms with Gasteiger partial charge < -0.3 is 5.73 Å². The van der Waals surface area contributed by atoms with Crippen molar-refractivity contribution in [3.05, 3.63) is 59.2 Å². The Hall–Kier alpha value is -1.31. The Kier molecular flexibility index (Phi) is 6.25. The maximum Gasteiger partial charge on any atom is 0.0184 e. The Labute approximate surface area is 128 Å². The fraction of sp³-hybridized carbons (Fsp3) is 0.333. The second-order valence-corrected chi connectivity index (χ2v) is 5.66. The fourth-order valence-electron chi connectivity index (χ4n) is 2.43. The summed E-state index contributed by atoms with van der Waals surface area (Å²) in [5, 5.41) is 0. The van der Waals surface area contributed by atoms with Crippen LogP contribution in [0.4, 0.5) is 0 Å². The van der Waals surface area contributed by atoms with Crippen LogP contribution in [0.15, 0.2) is 42.5 Å². The quantitative estimate of drug-likeness (QED) is 0.864. The molecule has 0 unspecified atom stereocenters. The van der Waals surface area contributed by atoms with Crippen molar-refractivity contribution in [1.82, 2.24) is 0 Å². The number of rotatable bonds is 4. The summed E-state index contributed by atoms with van der Waals surface area (Å²) in [4.78, 5) is 0. The standard InChI is InChI=1S/C18H23N.ClH/c1-13(2)10-15-5-8-16(9-6-15)18-11-14(3)4-7-17(18)12-19;/h4-9,11,13H,10,12,19H2,1-3H3;1H. The molecule has 0 atom stereocenters. The van der Waals surface area contributed by atoms with Gasteiger partial charge in [0.25, 0.3) is 0 Å². The van der Waals surface area contributed by atoms with Crippen LogP contribution < -0.4 is 5.73 Å². The average molecular weight is 290 g/mol. The van der Waals surface area contributed by atoms with Crippen LogP contribution in [-0.2, 0) is 13.0 Å². The average Bonchev–Trinajstić information content (AvgIpc) is 2.39. The van der Waals surface area contributed by atoms with Gasteiger partial charge in [0.05, 0.1) is 0 Å². The van der Waals surface area contributed by atoms with Crippen molar-refractivity contribution >= 4 is 12.4 Å². The number of aryl methyl sites for hydroxylation is 1. The van der Waals surface area contributed by atoms with Crippen LogP contribution in [0.3, 0.4) is 0 Å². The first-order chi connectivity index (χ1) is 9.10. The van der Waals surface area contributed by atoms with Crippen LogP contribution in [-0.4, -0.2) is 0 Å². The summed E-state index contributed by atoms with van der Waals surface area (Å²) in [7, 11) is 0. The van der Waals surface area contributed by atoms with Gasteiger partial charge >= 0.3 is 0 Å². The Morgan fingerprint density at radius 3 is 2.20 bits per heavy atom. The molecule has 2 aromatic rings. The van der Waals surface area contributed by atoms with Crippen LogP contribution in [0.2, 0.25) is 0 Å². The van der Waals surface area contributed by atoms with Crippen molar-refractivity contribution in [2.24, 2.45) is 11.7 Å². The number of hydrogen-bond acceptors (Lipinski definition) is 1. The summed E-state index contributed by atoms with van der Waals surface area (Å²) in [6, 6.07) is 15.4. The second kappa shape index (κ2) is 7.47. The van der Waals surface area contributed by atoms with Crippen molar-refractivity contribution in [3.63, 3.8) is 0 Å². The first kappa shape index (κ1) is 16.7. The van der Waals surface area contributed by atoms with E-state index in [-0.39, 0.29) is 12.4 Å². The molecule has 0 heterocycles. The summed E-state index contributed by atoms with van der Waals surface area (Å²) >= 11 is 0. The summed E-state index contributed by atoms with van der Waals surface area (Å²) in [5.41, 5.74) is 12.2. The fourth-order valence-corrected chi connectivity index (χ4v) is 2.43. The Morgan fingerprint density at radius 2 is 1.65 bits per heavy atom. The Balaban J connectivity index is 0.00000200. The van der Waals surface area contributed by atoms with E-state index >= 15 is 0 Å². The molecule has 20 heavy (non-hydrogen) atoms. The maximum atomic E-state index is 5.83. The molecule has 2 heteroatoms. The van der Waals surface area contributed by atoms with Crippen LogP contribution in [0.25, 0.3) is 11.1 Å². The molecule has 2 N–H and O–H groups in total. The Bertz CT molecular complexity index is 544. The predicted molar refractivity (Wildman–Crippen MR) is 90.3 cm³/mol. The number of nitrogens with two attached hydrogens (primary N) is 1. The van der Waals surface area contributed by atoms with Gasteiger partial charge in [0, 0.05) is 6.54 Å². The molecule has 0 fully saturated rings. The molecular formula is C18H24ClN. The van der Waals surface area contributed by atoms with E-state index in [9.17, 15) is 0 Å². The highest BCUT2D eigenvalue weighted by Gasteiger charge is 2.05. The van der Waals surface area contributed by atoms with Crippen LogP contribution in [0.1, 0.15) is 30.5 Å². The third kappa shape index (κ3) is 4.09. The van der Waals surface area contributed by atoms with Crippen molar-refractivity contribution in [1.29, 1.82) is 0 Å². The number of halogens is 1. The molecule has 2 rings (SSSR count). The van der Waals surface area contributed by atoms with E-state index in [1.807, 2.05) is 0 Å². The Morgan fingerprint density at radius 1 is 1.00 bits per heavy atom. The van der Waals surface area contributed by atoms with Gasteiger partial charge in [0.2, 0.25) is 0 Å². The molecule has 0 bridgehead atoms. The lowest BCUT2D eigenvalue weighted by molar-refractivity contribution is 0.647. The minimum Gasteiger partial charge on any atom is -0.326 e. The molecule has 1 nitrogen and oxygen atoms in total. The van der Waals surface area contributed by atoms with E-state index < -0.39 is 0 Å². The highest BCUT2D eigenvalue weighted by Crippen LogP contribution is 2.25.